The van der Waals surface area contributed by atoms with Crippen LogP contribution < -0.4 is 0 Å². The van der Waals surface area contributed by atoms with Crippen LogP contribution in [0.5, 0.6) is 5.75 Å². The van der Waals surface area contributed by atoms with Crippen LogP contribution in [0.1, 0.15) is 16.1 Å². The highest BCUT2D eigenvalue weighted by atomic mass is 16.3. The molecule has 1 aromatic carbocycles. The molecule has 0 bridgehead atoms. The third-order valence-electron chi connectivity index (χ3n) is 2.11. The quantitative estimate of drug-likeness (QED) is 0.631. The van der Waals surface area contributed by atoms with Gasteiger partial charge in [-0.05, 0) is 36.4 Å². The Morgan fingerprint density at radius 2 is 2.00 bits per heavy atom. The van der Waals surface area contributed by atoms with E-state index in [0.29, 0.717) is 5.76 Å². The van der Waals surface area contributed by atoms with Crippen molar-refractivity contribution in [2.24, 2.45) is 0 Å². The van der Waals surface area contributed by atoms with E-state index < -0.39 is 0 Å². The van der Waals surface area contributed by atoms with Gasteiger partial charge in [-0.3, -0.25) is 4.79 Å². The predicted molar refractivity (Wildman–Crippen MR) is 60.2 cm³/mol. The average Bonchev–Trinajstić information content (AvgIpc) is 2.79. The third-order valence-corrected chi connectivity index (χ3v) is 2.11. The monoisotopic (exact) mass is 214 g/mol. The van der Waals surface area contributed by atoms with E-state index in [9.17, 15) is 9.90 Å². The van der Waals surface area contributed by atoms with Gasteiger partial charge in [-0.25, -0.2) is 0 Å². The van der Waals surface area contributed by atoms with Crippen LogP contribution in [0, 0.1) is 0 Å². The van der Waals surface area contributed by atoms with E-state index in [1.807, 2.05) is 0 Å². The van der Waals surface area contributed by atoms with Gasteiger partial charge in [-0.1, -0.05) is 12.1 Å². The van der Waals surface area contributed by atoms with Gasteiger partial charge in [0.25, 0.3) is 0 Å². The Balaban J connectivity index is 2.18. The van der Waals surface area contributed by atoms with E-state index in [-0.39, 0.29) is 17.1 Å². The Hall–Kier alpha value is -2.29. The number of carbonyl (C=O) groups is 1. The number of benzene rings is 1. The number of carbonyl (C=O) groups excluding carboxylic acids is 1. The molecular formula is C13H10O3. The third kappa shape index (κ3) is 2.20. The fraction of sp³-hybridized carbons (Fsp3) is 0. The summed E-state index contributed by atoms with van der Waals surface area (Å²) < 4.78 is 5.05. The minimum Gasteiger partial charge on any atom is -0.507 e. The van der Waals surface area contributed by atoms with Crippen LogP contribution in [-0.2, 0) is 0 Å². The highest BCUT2D eigenvalue weighted by molar-refractivity contribution is 6.08. The summed E-state index contributed by atoms with van der Waals surface area (Å²) in [6, 6.07) is 9.91. The Bertz CT molecular complexity index is 510. The summed E-state index contributed by atoms with van der Waals surface area (Å²) in [5, 5.41) is 9.46. The first kappa shape index (κ1) is 10.2. The maximum Gasteiger partial charge on any atom is 0.189 e. The zero-order valence-corrected chi connectivity index (χ0v) is 8.46. The highest BCUT2D eigenvalue weighted by Crippen LogP contribution is 2.17. The fourth-order valence-corrected chi connectivity index (χ4v) is 1.32. The van der Waals surface area contributed by atoms with E-state index in [1.165, 1.54) is 18.4 Å². The van der Waals surface area contributed by atoms with Gasteiger partial charge in [-0.2, -0.15) is 0 Å². The Labute approximate surface area is 92.6 Å². The first-order valence-corrected chi connectivity index (χ1v) is 4.81. The molecule has 0 radical (unpaired) electrons. The van der Waals surface area contributed by atoms with Crippen LogP contribution >= 0.6 is 0 Å². The van der Waals surface area contributed by atoms with Crippen molar-refractivity contribution in [1.29, 1.82) is 0 Å². The molecule has 1 N–H and O–H groups in total. The van der Waals surface area contributed by atoms with Crippen molar-refractivity contribution in [2.75, 3.05) is 0 Å². The topological polar surface area (TPSA) is 50.4 Å². The second kappa shape index (κ2) is 4.49. The smallest absolute Gasteiger partial charge is 0.189 e. The average molecular weight is 214 g/mol. The minimum absolute atomic E-state index is 0.0170. The van der Waals surface area contributed by atoms with Crippen LogP contribution in [-0.4, -0.2) is 10.9 Å². The molecule has 0 saturated heterocycles. The van der Waals surface area contributed by atoms with Crippen molar-refractivity contribution in [3.63, 3.8) is 0 Å². The summed E-state index contributed by atoms with van der Waals surface area (Å²) in [7, 11) is 0. The standard InChI is InChI=1S/C13H10O3/c14-12-6-2-1-5-11(12)13(15)8-7-10-4-3-9-16-10/h1-9,14H. The zero-order valence-electron chi connectivity index (χ0n) is 8.46. The molecule has 0 fully saturated rings. The number of hydrogen-bond donors (Lipinski definition) is 1. The van der Waals surface area contributed by atoms with Gasteiger partial charge in [0, 0.05) is 0 Å². The van der Waals surface area contributed by atoms with E-state index in [2.05, 4.69) is 0 Å². The lowest BCUT2D eigenvalue weighted by Gasteiger charge is -1.98. The number of aromatic hydroxyl groups is 1. The molecule has 0 atom stereocenters. The highest BCUT2D eigenvalue weighted by Gasteiger charge is 2.06. The van der Waals surface area contributed by atoms with Gasteiger partial charge >= 0.3 is 0 Å². The molecular weight excluding hydrogens is 204 g/mol. The van der Waals surface area contributed by atoms with E-state index in [4.69, 9.17) is 4.42 Å². The summed E-state index contributed by atoms with van der Waals surface area (Å²) in [6.45, 7) is 0. The molecule has 1 aromatic heterocycles. The number of allylic oxidation sites excluding steroid dienone is 1. The van der Waals surface area contributed by atoms with E-state index in [1.54, 1.807) is 36.4 Å². The lowest BCUT2D eigenvalue weighted by Crippen LogP contribution is -1.93. The van der Waals surface area contributed by atoms with Crippen LogP contribution in [0.4, 0.5) is 0 Å². The van der Waals surface area contributed by atoms with E-state index >= 15 is 0 Å². The lowest BCUT2D eigenvalue weighted by molar-refractivity contribution is 0.104. The normalized spacial score (nSPS) is 10.8. The van der Waals surface area contributed by atoms with Crippen molar-refractivity contribution < 1.29 is 14.3 Å². The molecule has 0 saturated carbocycles. The Morgan fingerprint density at radius 3 is 2.69 bits per heavy atom. The molecule has 0 amide bonds. The fourth-order valence-electron chi connectivity index (χ4n) is 1.32. The molecule has 1 heterocycles. The van der Waals surface area contributed by atoms with Crippen LogP contribution in [0.15, 0.2) is 53.2 Å². The Kier molecular flexibility index (Phi) is 2.87. The molecule has 0 aliphatic carbocycles. The second-order valence-electron chi connectivity index (χ2n) is 3.23. The molecule has 2 aromatic rings. The van der Waals surface area contributed by atoms with Crippen molar-refractivity contribution >= 4 is 11.9 Å². The van der Waals surface area contributed by atoms with Gasteiger partial charge < -0.3 is 9.52 Å². The minimum atomic E-state index is -0.255. The molecule has 0 aliphatic rings. The lowest BCUT2D eigenvalue weighted by atomic mass is 10.1. The summed E-state index contributed by atoms with van der Waals surface area (Å²) in [5.41, 5.74) is 0.283. The summed E-state index contributed by atoms with van der Waals surface area (Å²) in [4.78, 5) is 11.7. The number of phenols is 1. The number of furan rings is 1. The SMILES string of the molecule is O=C(C=Cc1ccco1)c1ccccc1O. The van der Waals surface area contributed by atoms with Crippen molar-refractivity contribution in [2.45, 2.75) is 0 Å². The van der Waals surface area contributed by atoms with Crippen molar-refractivity contribution in [3.05, 3.63) is 60.1 Å². The largest absolute Gasteiger partial charge is 0.507 e. The summed E-state index contributed by atoms with van der Waals surface area (Å²) >= 11 is 0. The van der Waals surface area contributed by atoms with Crippen LogP contribution in [0.2, 0.25) is 0 Å². The van der Waals surface area contributed by atoms with Gasteiger partial charge in [0.15, 0.2) is 5.78 Å². The molecule has 0 aliphatic heterocycles. The van der Waals surface area contributed by atoms with E-state index in [0.717, 1.165) is 0 Å². The molecule has 0 spiro atoms. The maximum atomic E-state index is 11.7. The molecule has 3 nitrogen and oxygen atoms in total. The number of rotatable bonds is 3. The number of hydrogen-bond acceptors (Lipinski definition) is 3. The van der Waals surface area contributed by atoms with Gasteiger partial charge in [0.05, 0.1) is 11.8 Å². The first-order valence-electron chi connectivity index (χ1n) is 4.81. The molecule has 3 heteroatoms. The maximum absolute atomic E-state index is 11.7. The van der Waals surface area contributed by atoms with Crippen LogP contribution in [0.3, 0.4) is 0 Å². The van der Waals surface area contributed by atoms with Crippen molar-refractivity contribution in [1.82, 2.24) is 0 Å². The first-order chi connectivity index (χ1) is 7.77. The Morgan fingerprint density at radius 1 is 1.19 bits per heavy atom. The zero-order chi connectivity index (χ0) is 11.4. The van der Waals surface area contributed by atoms with Crippen molar-refractivity contribution in [3.8, 4) is 5.75 Å². The van der Waals surface area contributed by atoms with Gasteiger partial charge in [-0.15, -0.1) is 0 Å². The summed E-state index contributed by atoms with van der Waals surface area (Å²) in [5.74, 6) is 0.329. The number of ketones is 1. The summed E-state index contributed by atoms with van der Waals surface area (Å²) in [6.07, 6.45) is 4.47. The predicted octanol–water partition coefficient (Wildman–Crippen LogP) is 2.88. The van der Waals surface area contributed by atoms with Gasteiger partial charge in [0.1, 0.15) is 11.5 Å². The number of phenolic OH excluding ortho intramolecular Hbond substituents is 1. The van der Waals surface area contributed by atoms with Crippen LogP contribution in [0.25, 0.3) is 6.08 Å². The molecule has 16 heavy (non-hydrogen) atoms. The molecule has 0 unspecified atom stereocenters. The molecule has 2 rings (SSSR count). The molecule has 80 valence electrons. The van der Waals surface area contributed by atoms with Gasteiger partial charge in [0.2, 0.25) is 0 Å². The number of para-hydroxylation sites is 1. The second-order valence-corrected chi connectivity index (χ2v) is 3.23.